The topological polar surface area (TPSA) is 55.8 Å². The summed E-state index contributed by atoms with van der Waals surface area (Å²) in [7, 11) is 1.56. The molecule has 0 saturated heterocycles. The van der Waals surface area contributed by atoms with E-state index in [9.17, 15) is 9.59 Å². The maximum absolute atomic E-state index is 11.8. The summed E-state index contributed by atoms with van der Waals surface area (Å²) >= 11 is 0. The molecule has 0 aromatic heterocycles. The van der Waals surface area contributed by atoms with Crippen molar-refractivity contribution in [3.05, 3.63) is 0 Å². The molecule has 0 heterocycles. The molecular weight excluding hydrogens is 438 g/mol. The van der Waals surface area contributed by atoms with Crippen molar-refractivity contribution in [2.75, 3.05) is 26.8 Å². The molecule has 1 amide bonds. The van der Waals surface area contributed by atoms with Crippen LogP contribution in [0.3, 0.4) is 0 Å². The van der Waals surface area contributed by atoms with Gasteiger partial charge in [0.2, 0.25) is 0 Å². The Labute approximate surface area is 218 Å². The standard InChI is InChI=1S/C30H59NO4/c1-5-6-7-8-9-10-11-12-13-14-15-16-17-18-19-20-21-22-23-24-25-34-29(32)26-31(4)30(33)35-27-28(2)3/h28H,5-27H2,1-4H3. The van der Waals surface area contributed by atoms with Crippen molar-refractivity contribution in [2.45, 2.75) is 149 Å². The zero-order valence-electron chi connectivity index (χ0n) is 23.9. The fraction of sp³-hybridized carbons (Fsp3) is 0.933. The third kappa shape index (κ3) is 25.6. The zero-order chi connectivity index (χ0) is 26.0. The second-order valence-electron chi connectivity index (χ2n) is 10.8. The zero-order valence-corrected chi connectivity index (χ0v) is 23.9. The van der Waals surface area contributed by atoms with Crippen molar-refractivity contribution in [2.24, 2.45) is 5.92 Å². The van der Waals surface area contributed by atoms with Crippen LogP contribution in [0.2, 0.25) is 0 Å². The number of esters is 1. The molecule has 0 radical (unpaired) electrons. The molecule has 0 aromatic carbocycles. The first-order valence-electron chi connectivity index (χ1n) is 15.0. The van der Waals surface area contributed by atoms with Crippen molar-refractivity contribution >= 4 is 12.1 Å². The average molecular weight is 498 g/mol. The lowest BCUT2D eigenvalue weighted by Crippen LogP contribution is -2.34. The van der Waals surface area contributed by atoms with Gasteiger partial charge in [0.25, 0.3) is 0 Å². The number of hydrogen-bond donors (Lipinski definition) is 0. The van der Waals surface area contributed by atoms with E-state index in [4.69, 9.17) is 9.47 Å². The molecule has 0 aromatic rings. The fourth-order valence-electron chi connectivity index (χ4n) is 4.20. The molecule has 0 fully saturated rings. The average Bonchev–Trinajstić information content (AvgIpc) is 2.83. The van der Waals surface area contributed by atoms with Crippen LogP contribution in [0.5, 0.6) is 0 Å². The Hall–Kier alpha value is -1.26. The van der Waals surface area contributed by atoms with Crippen LogP contribution in [0.15, 0.2) is 0 Å². The van der Waals surface area contributed by atoms with Crippen LogP contribution in [0, 0.1) is 5.92 Å². The summed E-state index contributed by atoms with van der Waals surface area (Å²) in [5.41, 5.74) is 0. The number of nitrogens with zero attached hydrogens (tertiary/aromatic N) is 1. The van der Waals surface area contributed by atoms with Crippen LogP contribution in [0.1, 0.15) is 149 Å². The van der Waals surface area contributed by atoms with Gasteiger partial charge in [0.15, 0.2) is 0 Å². The Morgan fingerprint density at radius 2 is 0.971 bits per heavy atom. The number of ether oxygens (including phenoxy) is 2. The van der Waals surface area contributed by atoms with Gasteiger partial charge in [-0.15, -0.1) is 0 Å². The summed E-state index contributed by atoms with van der Waals surface area (Å²) in [5, 5.41) is 0. The normalized spacial score (nSPS) is 11.1. The predicted molar refractivity (Wildman–Crippen MR) is 148 cm³/mol. The van der Waals surface area contributed by atoms with Crippen LogP contribution in [-0.2, 0) is 14.3 Å². The lowest BCUT2D eigenvalue weighted by molar-refractivity contribution is -0.144. The minimum absolute atomic E-state index is 0.0594. The van der Waals surface area contributed by atoms with E-state index in [2.05, 4.69) is 6.92 Å². The van der Waals surface area contributed by atoms with E-state index in [1.807, 2.05) is 13.8 Å². The Morgan fingerprint density at radius 3 is 1.34 bits per heavy atom. The Kier molecular flexibility index (Phi) is 24.9. The SMILES string of the molecule is CCCCCCCCCCCCCCCCCCCCCCOC(=O)CN(C)C(=O)OCC(C)C. The number of carbonyl (C=O) groups excluding carboxylic acids is 2. The summed E-state index contributed by atoms with van der Waals surface area (Å²) in [6.45, 7) is 6.97. The van der Waals surface area contributed by atoms with Crippen LogP contribution in [0.4, 0.5) is 4.79 Å². The highest BCUT2D eigenvalue weighted by Crippen LogP contribution is 2.14. The van der Waals surface area contributed by atoms with Gasteiger partial charge in [-0.1, -0.05) is 143 Å². The number of likely N-dealkylation sites (N-methyl/N-ethyl adjacent to an activating group) is 1. The molecule has 5 heteroatoms. The first-order chi connectivity index (χ1) is 17.0. The fourth-order valence-corrected chi connectivity index (χ4v) is 4.20. The number of amides is 1. The van der Waals surface area contributed by atoms with Crippen molar-refractivity contribution in [3.8, 4) is 0 Å². The highest BCUT2D eigenvalue weighted by Gasteiger charge is 2.15. The van der Waals surface area contributed by atoms with Crippen LogP contribution in [-0.4, -0.2) is 43.8 Å². The minimum Gasteiger partial charge on any atom is -0.464 e. The van der Waals surface area contributed by atoms with Crippen molar-refractivity contribution in [1.82, 2.24) is 4.90 Å². The first-order valence-corrected chi connectivity index (χ1v) is 15.0. The summed E-state index contributed by atoms with van der Waals surface area (Å²) in [4.78, 5) is 24.8. The Bertz CT molecular complexity index is 481. The van der Waals surface area contributed by atoms with E-state index in [1.165, 1.54) is 120 Å². The molecule has 0 aliphatic heterocycles. The maximum Gasteiger partial charge on any atom is 0.410 e. The van der Waals surface area contributed by atoms with Gasteiger partial charge in [0, 0.05) is 7.05 Å². The smallest absolute Gasteiger partial charge is 0.410 e. The highest BCUT2D eigenvalue weighted by molar-refractivity contribution is 5.77. The lowest BCUT2D eigenvalue weighted by atomic mass is 10.0. The lowest BCUT2D eigenvalue weighted by Gasteiger charge is -2.17. The van der Waals surface area contributed by atoms with E-state index < -0.39 is 6.09 Å². The van der Waals surface area contributed by atoms with E-state index in [0.717, 1.165) is 12.8 Å². The molecule has 0 spiro atoms. The number of carbonyl (C=O) groups is 2. The molecule has 0 bridgehead atoms. The predicted octanol–water partition coefficient (Wildman–Crippen LogP) is 9.08. The van der Waals surface area contributed by atoms with Gasteiger partial charge in [-0.3, -0.25) is 4.79 Å². The summed E-state index contributed by atoms with van der Waals surface area (Å²) in [6, 6.07) is 0. The van der Waals surface area contributed by atoms with Crippen LogP contribution < -0.4 is 0 Å². The molecule has 35 heavy (non-hydrogen) atoms. The second-order valence-corrected chi connectivity index (χ2v) is 10.8. The molecule has 5 nitrogen and oxygen atoms in total. The second kappa shape index (κ2) is 25.8. The third-order valence-electron chi connectivity index (χ3n) is 6.48. The molecule has 0 saturated carbocycles. The highest BCUT2D eigenvalue weighted by atomic mass is 16.6. The third-order valence-corrected chi connectivity index (χ3v) is 6.48. The van der Waals surface area contributed by atoms with E-state index >= 15 is 0 Å². The molecule has 0 atom stereocenters. The van der Waals surface area contributed by atoms with Crippen molar-refractivity contribution < 1.29 is 19.1 Å². The van der Waals surface area contributed by atoms with Gasteiger partial charge in [-0.2, -0.15) is 0 Å². The van der Waals surface area contributed by atoms with E-state index in [0.29, 0.717) is 13.2 Å². The Balaban J connectivity index is 3.28. The minimum atomic E-state index is -0.477. The van der Waals surface area contributed by atoms with Gasteiger partial charge in [-0.25, -0.2) is 4.79 Å². The summed E-state index contributed by atoms with van der Waals surface area (Å²) in [6.07, 6.45) is 26.6. The number of rotatable bonds is 25. The van der Waals surface area contributed by atoms with E-state index in [1.54, 1.807) is 7.05 Å². The van der Waals surface area contributed by atoms with Gasteiger partial charge in [0.1, 0.15) is 6.54 Å². The monoisotopic (exact) mass is 497 g/mol. The molecular formula is C30H59NO4. The van der Waals surface area contributed by atoms with Crippen LogP contribution >= 0.6 is 0 Å². The molecule has 0 N–H and O–H groups in total. The van der Waals surface area contributed by atoms with Crippen molar-refractivity contribution in [3.63, 3.8) is 0 Å². The van der Waals surface area contributed by atoms with E-state index in [-0.39, 0.29) is 18.4 Å². The molecule has 0 aliphatic carbocycles. The maximum atomic E-state index is 11.8. The molecule has 0 unspecified atom stereocenters. The number of hydrogen-bond acceptors (Lipinski definition) is 4. The first kappa shape index (κ1) is 33.7. The van der Waals surface area contributed by atoms with Gasteiger partial charge >= 0.3 is 12.1 Å². The van der Waals surface area contributed by atoms with Gasteiger partial charge < -0.3 is 14.4 Å². The quantitative estimate of drug-likeness (QED) is 0.0932. The molecule has 0 rings (SSSR count). The summed E-state index contributed by atoms with van der Waals surface area (Å²) < 4.78 is 10.3. The van der Waals surface area contributed by atoms with Gasteiger partial charge in [0.05, 0.1) is 13.2 Å². The number of unbranched alkanes of at least 4 members (excludes halogenated alkanes) is 19. The Morgan fingerprint density at radius 1 is 0.600 bits per heavy atom. The van der Waals surface area contributed by atoms with Gasteiger partial charge in [-0.05, 0) is 12.3 Å². The summed E-state index contributed by atoms with van der Waals surface area (Å²) in [5.74, 6) is -0.0923. The molecule has 0 aliphatic rings. The van der Waals surface area contributed by atoms with Crippen molar-refractivity contribution in [1.29, 1.82) is 0 Å². The van der Waals surface area contributed by atoms with Crippen LogP contribution in [0.25, 0.3) is 0 Å². The molecule has 208 valence electrons. The largest absolute Gasteiger partial charge is 0.464 e.